The molecule has 0 radical (unpaired) electrons. The molecule has 0 aliphatic heterocycles. The molecule has 160 valence electrons. The first-order chi connectivity index (χ1) is 14.2. The average Bonchev–Trinajstić information content (AvgIpc) is 2.68. The molecule has 4 rings (SSSR count). The molecule has 0 amide bonds. The van der Waals surface area contributed by atoms with E-state index >= 15 is 0 Å². The van der Waals surface area contributed by atoms with Crippen molar-refractivity contribution in [3.63, 3.8) is 0 Å². The molecule has 32 heavy (non-hydrogen) atoms. The van der Waals surface area contributed by atoms with Crippen molar-refractivity contribution in [1.82, 2.24) is 0 Å². The fraction of sp³-hybridized carbons (Fsp3) is 0. The van der Waals surface area contributed by atoms with Gasteiger partial charge < -0.3 is 32.8 Å². The van der Waals surface area contributed by atoms with Crippen LogP contribution in [0.15, 0.2) is 67.0 Å². The molecule has 2 heterocycles. The summed E-state index contributed by atoms with van der Waals surface area (Å²) >= 11 is 7.52. The quantitative estimate of drug-likeness (QED) is 0.0826. The summed E-state index contributed by atoms with van der Waals surface area (Å²) in [5.74, 6) is 0. The average molecular weight is 693 g/mol. The molecule has 0 atom stereocenters. The molecule has 0 aliphatic carbocycles. The summed E-state index contributed by atoms with van der Waals surface area (Å²) in [7, 11) is 0. The first-order valence-electron chi connectivity index (χ1n) is 7.93. The van der Waals surface area contributed by atoms with Crippen LogP contribution in [0.4, 0.5) is 11.4 Å². The number of para-hydroxylation sites is 2. The Labute approximate surface area is 235 Å². The van der Waals surface area contributed by atoms with E-state index in [-0.39, 0.29) is 64.1 Å². The second-order valence-corrected chi connectivity index (χ2v) is 7.07. The van der Waals surface area contributed by atoms with Gasteiger partial charge in [0, 0.05) is 10.8 Å². The second-order valence-electron chi connectivity index (χ2n) is 5.61. The Morgan fingerprint density at radius 3 is 1.69 bits per heavy atom. The van der Waals surface area contributed by atoms with Gasteiger partial charge in [-0.1, -0.05) is 35.9 Å². The Hall–Kier alpha value is -1.59. The zero-order valence-corrected chi connectivity index (χ0v) is 23.0. The maximum absolute atomic E-state index is 11.3. The predicted molar refractivity (Wildman–Crippen MR) is 116 cm³/mol. The van der Waals surface area contributed by atoms with E-state index in [1.165, 1.54) is 6.07 Å². The van der Waals surface area contributed by atoms with Crippen molar-refractivity contribution in [2.45, 2.75) is 0 Å². The normalized spacial score (nSPS) is 9.81. The van der Waals surface area contributed by atoms with Crippen LogP contribution in [-0.4, -0.2) is 9.85 Å². The SMILES string of the molecule is O=c1oc2ccccc2c(Cl)c1[N+](=O)[O-].O=c1oc2ccccc2c(I)c1[N+](=O)[O-].[I-].[Na+]. The third-order valence-corrected chi connectivity index (χ3v) is 5.29. The van der Waals surface area contributed by atoms with E-state index in [1.54, 1.807) is 65.1 Å². The summed E-state index contributed by atoms with van der Waals surface area (Å²) < 4.78 is 9.90. The number of nitro groups is 2. The summed E-state index contributed by atoms with van der Waals surface area (Å²) in [6.45, 7) is 0. The Morgan fingerprint density at radius 2 is 1.19 bits per heavy atom. The molecular formula is C18H8ClI2N2NaO8. The van der Waals surface area contributed by atoms with Gasteiger partial charge in [-0.3, -0.25) is 20.2 Å². The second kappa shape index (κ2) is 12.0. The van der Waals surface area contributed by atoms with Crippen molar-refractivity contribution in [2.75, 3.05) is 0 Å². The summed E-state index contributed by atoms with van der Waals surface area (Å²) in [4.78, 5) is 42.1. The molecule has 14 heteroatoms. The van der Waals surface area contributed by atoms with Crippen LogP contribution in [0.5, 0.6) is 0 Å². The van der Waals surface area contributed by atoms with E-state index in [9.17, 15) is 29.8 Å². The van der Waals surface area contributed by atoms with Gasteiger partial charge in [0.25, 0.3) is 0 Å². The van der Waals surface area contributed by atoms with Crippen LogP contribution in [0.25, 0.3) is 21.9 Å². The standard InChI is InChI=1S/C9H4ClNO4.C9H4INO4.HI.Na/c2*10-7-5-3-1-2-4-6(5)15-9(12)8(7)11(13)14;;/h2*1-4H;1H;/q;;;+1/p-1. The van der Waals surface area contributed by atoms with Crippen molar-refractivity contribution in [3.05, 3.63) is 98.2 Å². The first kappa shape index (κ1) is 28.4. The summed E-state index contributed by atoms with van der Waals surface area (Å²) in [5, 5.41) is 21.9. The number of fused-ring (bicyclic) bond motifs is 2. The van der Waals surface area contributed by atoms with Crippen LogP contribution in [0, 0.1) is 23.8 Å². The molecule has 2 aromatic carbocycles. The smallest absolute Gasteiger partial charge is 1.00 e. The Morgan fingerprint density at radius 1 is 0.781 bits per heavy atom. The molecule has 0 spiro atoms. The van der Waals surface area contributed by atoms with Gasteiger partial charge in [0.2, 0.25) is 0 Å². The maximum atomic E-state index is 11.3. The predicted octanol–water partition coefficient (Wildman–Crippen LogP) is -1.33. The summed E-state index contributed by atoms with van der Waals surface area (Å²) in [6.07, 6.45) is 0. The number of nitrogens with zero attached hydrogens (tertiary/aromatic N) is 2. The van der Waals surface area contributed by atoms with Gasteiger partial charge >= 0.3 is 52.2 Å². The third-order valence-electron chi connectivity index (χ3n) is 3.82. The number of hydrogen-bond donors (Lipinski definition) is 0. The minimum absolute atomic E-state index is 0. The van der Waals surface area contributed by atoms with Gasteiger partial charge in [-0.2, -0.15) is 0 Å². The van der Waals surface area contributed by atoms with E-state index in [0.717, 1.165) is 0 Å². The maximum Gasteiger partial charge on any atom is 1.00 e. The minimum atomic E-state index is -1.04. The van der Waals surface area contributed by atoms with Crippen LogP contribution in [0.1, 0.15) is 0 Å². The van der Waals surface area contributed by atoms with Crippen LogP contribution in [-0.2, 0) is 0 Å². The van der Waals surface area contributed by atoms with Gasteiger partial charge in [0.1, 0.15) is 19.8 Å². The first-order valence-corrected chi connectivity index (χ1v) is 9.39. The zero-order valence-electron chi connectivity index (χ0n) is 15.9. The van der Waals surface area contributed by atoms with E-state index < -0.39 is 32.5 Å². The Bertz CT molecular complexity index is 1330. The van der Waals surface area contributed by atoms with Gasteiger partial charge in [0.05, 0.1) is 9.85 Å². The molecule has 4 aromatic rings. The van der Waals surface area contributed by atoms with Crippen LogP contribution in [0.2, 0.25) is 5.02 Å². The molecule has 0 aliphatic rings. The van der Waals surface area contributed by atoms with Gasteiger partial charge in [-0.15, -0.1) is 0 Å². The topological polar surface area (TPSA) is 147 Å². The number of hydrogen-bond acceptors (Lipinski definition) is 8. The Balaban J connectivity index is 0.000000301. The van der Waals surface area contributed by atoms with E-state index in [1.807, 2.05) is 0 Å². The molecule has 0 N–H and O–H groups in total. The molecular weight excluding hydrogens is 684 g/mol. The fourth-order valence-electron chi connectivity index (χ4n) is 2.51. The zero-order chi connectivity index (χ0) is 22.0. The van der Waals surface area contributed by atoms with Crippen molar-refractivity contribution >= 4 is 67.5 Å². The Kier molecular flexibility index (Phi) is 10.7. The molecule has 0 unspecified atom stereocenters. The van der Waals surface area contributed by atoms with Crippen LogP contribution < -0.4 is 64.8 Å². The van der Waals surface area contributed by atoms with E-state index in [4.69, 9.17) is 20.4 Å². The fourth-order valence-corrected chi connectivity index (χ4v) is 3.68. The van der Waals surface area contributed by atoms with E-state index in [0.29, 0.717) is 19.9 Å². The van der Waals surface area contributed by atoms with E-state index in [2.05, 4.69) is 0 Å². The summed E-state index contributed by atoms with van der Waals surface area (Å²) in [5.41, 5.74) is -2.59. The van der Waals surface area contributed by atoms with Crippen molar-refractivity contribution in [3.8, 4) is 0 Å². The summed E-state index contributed by atoms with van der Waals surface area (Å²) in [6, 6.07) is 13.1. The van der Waals surface area contributed by atoms with Gasteiger partial charge in [0.15, 0.2) is 0 Å². The van der Waals surface area contributed by atoms with Gasteiger partial charge in [-0.25, -0.2) is 9.59 Å². The third kappa shape index (κ3) is 5.85. The largest absolute Gasteiger partial charge is 1.00 e. The number of rotatable bonds is 2. The van der Waals surface area contributed by atoms with Crippen molar-refractivity contribution in [1.29, 1.82) is 0 Å². The molecule has 2 aromatic heterocycles. The minimum Gasteiger partial charge on any atom is -1.00 e. The van der Waals surface area contributed by atoms with Crippen molar-refractivity contribution in [2.24, 2.45) is 0 Å². The molecule has 0 fully saturated rings. The molecule has 0 bridgehead atoms. The van der Waals surface area contributed by atoms with Crippen LogP contribution >= 0.6 is 34.2 Å². The molecule has 0 saturated carbocycles. The van der Waals surface area contributed by atoms with Crippen LogP contribution in [0.3, 0.4) is 0 Å². The van der Waals surface area contributed by atoms with Gasteiger partial charge in [-0.05, 0) is 46.9 Å². The molecule has 0 saturated heterocycles. The molecule has 10 nitrogen and oxygen atoms in total. The number of benzene rings is 2. The van der Waals surface area contributed by atoms with Crippen molar-refractivity contribution < 1.29 is 72.2 Å². The number of halogens is 3. The monoisotopic (exact) mass is 692 g/mol.